The predicted octanol–water partition coefficient (Wildman–Crippen LogP) is 19.1. The van der Waals surface area contributed by atoms with Crippen LogP contribution in [0.4, 0.5) is 17.1 Å². The van der Waals surface area contributed by atoms with Crippen molar-refractivity contribution in [2.24, 2.45) is 0 Å². The first-order chi connectivity index (χ1) is 36.6. The molecule has 74 heavy (non-hydrogen) atoms. The Morgan fingerprint density at radius 1 is 0.311 bits per heavy atom. The van der Waals surface area contributed by atoms with Crippen molar-refractivity contribution in [1.29, 1.82) is 0 Å². The number of aromatic nitrogens is 1. The number of hydrogen-bond acceptors (Lipinski definition) is 1. The summed E-state index contributed by atoms with van der Waals surface area (Å²) in [5.74, 6) is 0. The Bertz CT molecular complexity index is 4190. The number of benzene rings is 12. The number of hydrogen-bond donors (Lipinski definition) is 0. The van der Waals surface area contributed by atoms with E-state index < -0.39 is 5.41 Å². The molecule has 1 aromatic heterocycles. The van der Waals surface area contributed by atoms with Crippen LogP contribution < -0.4 is 4.90 Å². The molecule has 348 valence electrons. The van der Waals surface area contributed by atoms with E-state index in [1.165, 1.54) is 93.8 Å². The quantitative estimate of drug-likeness (QED) is 0.140. The lowest BCUT2D eigenvalue weighted by molar-refractivity contribution is 0.768. The van der Waals surface area contributed by atoms with E-state index in [0.717, 1.165) is 33.9 Å². The van der Waals surface area contributed by atoms with Crippen LogP contribution >= 0.6 is 0 Å². The molecular weight excluding hydrogens is 893 g/mol. The summed E-state index contributed by atoms with van der Waals surface area (Å²) in [7, 11) is 0. The Morgan fingerprint density at radius 2 is 0.851 bits per heavy atom. The molecule has 1 aliphatic carbocycles. The molecule has 2 nitrogen and oxygen atoms in total. The van der Waals surface area contributed by atoms with Gasteiger partial charge < -0.3 is 9.47 Å². The number of fused-ring (bicyclic) bond motifs is 7. The van der Waals surface area contributed by atoms with Gasteiger partial charge in [0.2, 0.25) is 0 Å². The molecule has 0 spiro atoms. The highest BCUT2D eigenvalue weighted by atomic mass is 15.1. The van der Waals surface area contributed by atoms with Gasteiger partial charge in [-0.1, -0.05) is 224 Å². The summed E-state index contributed by atoms with van der Waals surface area (Å²) in [5.41, 5.74) is 22.3. The third-order valence-corrected chi connectivity index (χ3v) is 15.7. The molecule has 1 heterocycles. The SMILES string of the molecule is Cc1c(-c2ccccc2)ccc2cc(-n3c4ccccc4c4ccc(-c5cccc(N(c6ccc(-c7ccccc7)cc6)c6ccc7c(c6)C(c6ccccc6)(c6ccccc6)c6ccccc6-7)c5)cc43)ccc12. The monoisotopic (exact) mass is 942 g/mol. The van der Waals surface area contributed by atoms with Gasteiger partial charge in [-0.2, -0.15) is 0 Å². The zero-order chi connectivity index (χ0) is 49.2. The highest BCUT2D eigenvalue weighted by Gasteiger charge is 2.46. The summed E-state index contributed by atoms with van der Waals surface area (Å²) in [6.45, 7) is 2.25. The summed E-state index contributed by atoms with van der Waals surface area (Å²) in [5, 5.41) is 4.97. The Morgan fingerprint density at radius 3 is 1.61 bits per heavy atom. The summed E-state index contributed by atoms with van der Waals surface area (Å²) in [6, 6.07) is 105. The van der Waals surface area contributed by atoms with E-state index in [1.54, 1.807) is 0 Å². The van der Waals surface area contributed by atoms with Crippen molar-refractivity contribution in [3.8, 4) is 50.2 Å². The smallest absolute Gasteiger partial charge is 0.0714 e. The molecule has 0 atom stereocenters. The average molecular weight is 943 g/mol. The van der Waals surface area contributed by atoms with Gasteiger partial charge in [-0.25, -0.2) is 0 Å². The lowest BCUT2D eigenvalue weighted by Gasteiger charge is -2.35. The molecule has 0 bridgehead atoms. The minimum Gasteiger partial charge on any atom is -0.310 e. The lowest BCUT2D eigenvalue weighted by atomic mass is 9.67. The molecule has 2 heteroatoms. The van der Waals surface area contributed by atoms with Crippen molar-refractivity contribution in [2.75, 3.05) is 4.90 Å². The number of rotatable bonds is 9. The first-order valence-electron chi connectivity index (χ1n) is 25.7. The maximum absolute atomic E-state index is 2.46. The van der Waals surface area contributed by atoms with E-state index in [0.29, 0.717) is 0 Å². The van der Waals surface area contributed by atoms with Crippen molar-refractivity contribution in [1.82, 2.24) is 4.57 Å². The number of anilines is 3. The number of aryl methyl sites for hydroxylation is 1. The molecule has 0 unspecified atom stereocenters. The fraction of sp³-hybridized carbons (Fsp3) is 0.0278. The van der Waals surface area contributed by atoms with Crippen molar-refractivity contribution >= 4 is 49.6 Å². The third-order valence-electron chi connectivity index (χ3n) is 15.7. The summed E-state index contributed by atoms with van der Waals surface area (Å²) in [6.07, 6.45) is 0. The molecule has 0 N–H and O–H groups in total. The summed E-state index contributed by atoms with van der Waals surface area (Å²) >= 11 is 0. The summed E-state index contributed by atoms with van der Waals surface area (Å²) < 4.78 is 2.45. The number of nitrogens with zero attached hydrogens (tertiary/aromatic N) is 2. The standard InChI is InChI=1S/C72H50N2/c1-49-62(52-21-8-3-9-22-52)41-36-55-46-60(39-43-63(49)55)74-70-32-17-15-30-66(70)67-42-35-54(47-71(67)74)53-23-18-28-59(45-53)73(58-37-33-51(34-38-58)50-19-6-2-7-20-50)61-40-44-65-64-29-14-16-31-68(64)72(69(65)48-61,56-24-10-4-11-25-56)57-26-12-5-13-27-57/h2-48H,1H3. The largest absolute Gasteiger partial charge is 0.310 e. The Labute approximate surface area is 432 Å². The predicted molar refractivity (Wildman–Crippen MR) is 311 cm³/mol. The van der Waals surface area contributed by atoms with Gasteiger partial charge in [0, 0.05) is 33.5 Å². The van der Waals surface area contributed by atoms with Gasteiger partial charge in [0.15, 0.2) is 0 Å². The molecule has 0 aliphatic heterocycles. The van der Waals surface area contributed by atoms with Crippen LogP contribution in [0, 0.1) is 6.92 Å². The first-order valence-corrected chi connectivity index (χ1v) is 25.7. The van der Waals surface area contributed by atoms with Crippen molar-refractivity contribution in [3.63, 3.8) is 0 Å². The fourth-order valence-electron chi connectivity index (χ4n) is 12.2. The van der Waals surface area contributed by atoms with Crippen LogP contribution in [0.15, 0.2) is 285 Å². The molecule has 0 saturated heterocycles. The molecule has 0 amide bonds. The van der Waals surface area contributed by atoms with Crippen molar-refractivity contribution in [2.45, 2.75) is 12.3 Å². The van der Waals surface area contributed by atoms with E-state index in [1.807, 2.05) is 0 Å². The van der Waals surface area contributed by atoms with Crippen molar-refractivity contribution < 1.29 is 0 Å². The molecular formula is C72H50N2. The molecule has 0 radical (unpaired) electrons. The van der Waals surface area contributed by atoms with Gasteiger partial charge in [0.1, 0.15) is 0 Å². The van der Waals surface area contributed by atoms with Crippen LogP contribution in [0.1, 0.15) is 27.8 Å². The minimum absolute atomic E-state index is 0.530. The highest BCUT2D eigenvalue weighted by molar-refractivity contribution is 6.10. The van der Waals surface area contributed by atoms with Crippen LogP contribution in [0.3, 0.4) is 0 Å². The van der Waals surface area contributed by atoms with E-state index in [4.69, 9.17) is 0 Å². The van der Waals surface area contributed by atoms with Crippen LogP contribution in [0.2, 0.25) is 0 Å². The number of para-hydroxylation sites is 1. The average Bonchev–Trinajstić information content (AvgIpc) is 4.01. The molecule has 0 fully saturated rings. The third kappa shape index (κ3) is 6.94. The van der Waals surface area contributed by atoms with E-state index >= 15 is 0 Å². The maximum Gasteiger partial charge on any atom is 0.0714 e. The van der Waals surface area contributed by atoms with Gasteiger partial charge in [0.25, 0.3) is 0 Å². The highest BCUT2D eigenvalue weighted by Crippen LogP contribution is 2.57. The minimum atomic E-state index is -0.530. The molecule has 12 aromatic carbocycles. The topological polar surface area (TPSA) is 8.17 Å². The first kappa shape index (κ1) is 43.3. The van der Waals surface area contributed by atoms with Crippen LogP contribution in [0.5, 0.6) is 0 Å². The zero-order valence-corrected chi connectivity index (χ0v) is 41.0. The van der Waals surface area contributed by atoms with Gasteiger partial charge in [-0.15, -0.1) is 0 Å². The van der Waals surface area contributed by atoms with E-state index in [-0.39, 0.29) is 0 Å². The zero-order valence-electron chi connectivity index (χ0n) is 41.0. The maximum atomic E-state index is 2.46. The normalized spacial score (nSPS) is 12.5. The lowest BCUT2D eigenvalue weighted by Crippen LogP contribution is -2.28. The fourth-order valence-corrected chi connectivity index (χ4v) is 12.2. The van der Waals surface area contributed by atoms with Crippen LogP contribution in [-0.2, 0) is 5.41 Å². The Hall–Kier alpha value is -9.50. The van der Waals surface area contributed by atoms with Crippen LogP contribution in [0.25, 0.3) is 82.8 Å². The molecule has 13 aromatic rings. The molecule has 1 aliphatic rings. The van der Waals surface area contributed by atoms with Gasteiger partial charge >= 0.3 is 0 Å². The summed E-state index contributed by atoms with van der Waals surface area (Å²) in [4.78, 5) is 2.44. The van der Waals surface area contributed by atoms with E-state index in [9.17, 15) is 0 Å². The van der Waals surface area contributed by atoms with Gasteiger partial charge in [0.05, 0.1) is 16.4 Å². The second kappa shape index (κ2) is 17.7. The van der Waals surface area contributed by atoms with E-state index in [2.05, 4.69) is 302 Å². The Balaban J connectivity index is 0.930. The van der Waals surface area contributed by atoms with Crippen LogP contribution in [-0.4, -0.2) is 4.57 Å². The van der Waals surface area contributed by atoms with Gasteiger partial charge in [-0.05, 0) is 151 Å². The molecule has 14 rings (SSSR count). The van der Waals surface area contributed by atoms with Crippen molar-refractivity contribution in [3.05, 3.63) is 313 Å². The Kier molecular flexibility index (Phi) is 10.3. The second-order valence-electron chi connectivity index (χ2n) is 19.7. The second-order valence-corrected chi connectivity index (χ2v) is 19.7. The molecule has 0 saturated carbocycles. The van der Waals surface area contributed by atoms with Gasteiger partial charge in [-0.3, -0.25) is 0 Å².